The van der Waals surface area contributed by atoms with Crippen molar-refractivity contribution in [3.63, 3.8) is 0 Å². The van der Waals surface area contributed by atoms with Crippen LogP contribution in [0.25, 0.3) is 0 Å². The number of methoxy groups -OCH3 is 1. The Labute approximate surface area is 164 Å². The van der Waals surface area contributed by atoms with Crippen molar-refractivity contribution in [2.75, 3.05) is 12.4 Å². The Morgan fingerprint density at radius 2 is 1.89 bits per heavy atom. The van der Waals surface area contributed by atoms with Crippen molar-refractivity contribution >= 4 is 46.5 Å². The van der Waals surface area contributed by atoms with Crippen LogP contribution in [-0.4, -0.2) is 30.0 Å². The number of hydrogen-bond acceptors (Lipinski definition) is 6. The summed E-state index contributed by atoms with van der Waals surface area (Å²) in [4.78, 5) is 34.8. The van der Waals surface area contributed by atoms with Gasteiger partial charge in [-0.3, -0.25) is 14.9 Å². The van der Waals surface area contributed by atoms with Gasteiger partial charge < -0.3 is 14.8 Å². The molecule has 10 heteroatoms. The number of ether oxygens (including phenoxy) is 2. The molecule has 2 aromatic carbocycles. The third kappa shape index (κ3) is 5.08. The number of amides is 1. The number of benzene rings is 2. The second-order valence-corrected chi connectivity index (χ2v) is 6.15. The predicted octanol–water partition coefficient (Wildman–Crippen LogP) is 4.09. The molecule has 2 aromatic rings. The fourth-order valence-corrected chi connectivity index (χ4v) is 2.53. The molecular weight excluding hydrogens is 399 g/mol. The summed E-state index contributed by atoms with van der Waals surface area (Å²) in [7, 11) is 1.30. The summed E-state index contributed by atoms with van der Waals surface area (Å²) < 4.78 is 10.1. The minimum atomic E-state index is -1.20. The average Bonchev–Trinajstić information content (AvgIpc) is 2.63. The Bertz CT molecular complexity index is 903. The van der Waals surface area contributed by atoms with Crippen LogP contribution in [0.5, 0.6) is 5.75 Å². The van der Waals surface area contributed by atoms with Crippen LogP contribution in [0, 0.1) is 10.1 Å². The van der Waals surface area contributed by atoms with E-state index in [4.69, 9.17) is 32.7 Å². The van der Waals surface area contributed by atoms with Crippen molar-refractivity contribution in [3.05, 3.63) is 62.1 Å². The van der Waals surface area contributed by atoms with E-state index in [9.17, 15) is 19.7 Å². The number of non-ortho nitro benzene ring substituents is 1. The number of anilines is 1. The predicted molar refractivity (Wildman–Crippen MR) is 99.6 cm³/mol. The van der Waals surface area contributed by atoms with Gasteiger partial charge in [0.2, 0.25) is 0 Å². The van der Waals surface area contributed by atoms with Crippen molar-refractivity contribution in [2.24, 2.45) is 0 Å². The molecule has 0 saturated carbocycles. The van der Waals surface area contributed by atoms with Crippen LogP contribution < -0.4 is 10.1 Å². The van der Waals surface area contributed by atoms with Gasteiger partial charge in [-0.05, 0) is 31.2 Å². The van der Waals surface area contributed by atoms with E-state index in [1.54, 1.807) is 0 Å². The number of nitro benzene ring substituents is 1. The van der Waals surface area contributed by atoms with Crippen LogP contribution in [0.4, 0.5) is 11.4 Å². The highest BCUT2D eigenvalue weighted by molar-refractivity contribution is 6.36. The summed E-state index contributed by atoms with van der Waals surface area (Å²) in [5, 5.41) is 14.0. The van der Waals surface area contributed by atoms with Crippen molar-refractivity contribution in [2.45, 2.75) is 13.0 Å². The lowest BCUT2D eigenvalue weighted by molar-refractivity contribution is -0.384. The summed E-state index contributed by atoms with van der Waals surface area (Å²) >= 11 is 11.8. The maximum atomic E-state index is 12.3. The van der Waals surface area contributed by atoms with Crippen LogP contribution in [0.15, 0.2) is 36.4 Å². The molecule has 142 valence electrons. The molecule has 0 aliphatic carbocycles. The SMILES string of the molecule is COc1ccc([N+](=O)[O-])cc1C(=O)O[C@@H](C)C(=O)Nc1ccc(Cl)cc1Cl. The van der Waals surface area contributed by atoms with E-state index < -0.39 is 22.9 Å². The molecule has 1 amide bonds. The topological polar surface area (TPSA) is 108 Å². The molecule has 0 radical (unpaired) electrons. The first-order valence-electron chi connectivity index (χ1n) is 7.52. The maximum absolute atomic E-state index is 12.3. The lowest BCUT2D eigenvalue weighted by Gasteiger charge is -2.15. The minimum Gasteiger partial charge on any atom is -0.496 e. The normalized spacial score (nSPS) is 11.4. The molecule has 0 aliphatic heterocycles. The van der Waals surface area contributed by atoms with E-state index in [-0.39, 0.29) is 22.0 Å². The second-order valence-electron chi connectivity index (χ2n) is 5.30. The monoisotopic (exact) mass is 412 g/mol. The standard InChI is InChI=1S/C17H14Cl2N2O6/c1-9(16(22)20-14-5-3-10(18)7-13(14)19)27-17(23)12-8-11(21(24)25)4-6-15(12)26-2/h3-9H,1-2H3,(H,20,22)/t9-/m0/s1. The lowest BCUT2D eigenvalue weighted by atomic mass is 10.1. The molecule has 8 nitrogen and oxygen atoms in total. The quantitative estimate of drug-likeness (QED) is 0.434. The third-order valence-electron chi connectivity index (χ3n) is 3.46. The third-order valence-corrected chi connectivity index (χ3v) is 4.00. The van der Waals surface area contributed by atoms with Crippen molar-refractivity contribution in [3.8, 4) is 5.75 Å². The fourth-order valence-electron chi connectivity index (χ4n) is 2.07. The largest absolute Gasteiger partial charge is 0.496 e. The van der Waals surface area contributed by atoms with E-state index in [0.29, 0.717) is 10.7 Å². The first kappa shape index (κ1) is 20.5. The number of nitro groups is 1. The fraction of sp³-hybridized carbons (Fsp3) is 0.176. The molecule has 0 aliphatic rings. The van der Waals surface area contributed by atoms with Gasteiger partial charge in [-0.25, -0.2) is 4.79 Å². The lowest BCUT2D eigenvalue weighted by Crippen LogP contribution is -2.30. The van der Waals surface area contributed by atoms with Gasteiger partial charge in [0.05, 0.1) is 22.7 Å². The van der Waals surface area contributed by atoms with Gasteiger partial charge >= 0.3 is 5.97 Å². The highest BCUT2D eigenvalue weighted by Crippen LogP contribution is 2.27. The van der Waals surface area contributed by atoms with Crippen molar-refractivity contribution < 1.29 is 24.0 Å². The van der Waals surface area contributed by atoms with Crippen LogP contribution in [0.2, 0.25) is 10.0 Å². The van der Waals surface area contributed by atoms with Crippen LogP contribution in [0.3, 0.4) is 0 Å². The smallest absolute Gasteiger partial charge is 0.342 e. The Kier molecular flexibility index (Phi) is 6.59. The van der Waals surface area contributed by atoms with E-state index in [2.05, 4.69) is 5.32 Å². The van der Waals surface area contributed by atoms with E-state index in [1.165, 1.54) is 44.4 Å². The Morgan fingerprint density at radius 3 is 2.48 bits per heavy atom. The zero-order chi connectivity index (χ0) is 20.1. The van der Waals surface area contributed by atoms with E-state index in [1.807, 2.05) is 0 Å². The summed E-state index contributed by atoms with van der Waals surface area (Å²) in [5.41, 5.74) is -0.189. The molecule has 0 bridgehead atoms. The molecule has 0 aromatic heterocycles. The molecule has 0 spiro atoms. The number of nitrogens with one attached hydrogen (secondary N) is 1. The van der Waals surface area contributed by atoms with Crippen LogP contribution in [0.1, 0.15) is 17.3 Å². The van der Waals surface area contributed by atoms with Gasteiger partial charge in [0, 0.05) is 17.2 Å². The molecule has 0 saturated heterocycles. The molecule has 2 rings (SSSR count). The number of esters is 1. The average molecular weight is 413 g/mol. The zero-order valence-electron chi connectivity index (χ0n) is 14.2. The van der Waals surface area contributed by atoms with Gasteiger partial charge in [-0.15, -0.1) is 0 Å². The number of rotatable bonds is 6. The van der Waals surface area contributed by atoms with Gasteiger partial charge in [0.1, 0.15) is 11.3 Å². The van der Waals surface area contributed by atoms with Gasteiger partial charge in [0.25, 0.3) is 11.6 Å². The van der Waals surface area contributed by atoms with Crippen molar-refractivity contribution in [1.29, 1.82) is 0 Å². The summed E-state index contributed by atoms with van der Waals surface area (Å²) in [6, 6.07) is 7.96. The first-order chi connectivity index (χ1) is 12.7. The summed E-state index contributed by atoms with van der Waals surface area (Å²) in [6.45, 7) is 1.35. The summed E-state index contributed by atoms with van der Waals surface area (Å²) in [5.74, 6) is -1.50. The zero-order valence-corrected chi connectivity index (χ0v) is 15.7. The summed E-state index contributed by atoms with van der Waals surface area (Å²) in [6.07, 6.45) is -1.20. The Morgan fingerprint density at radius 1 is 1.19 bits per heavy atom. The number of carbonyl (C=O) groups excluding carboxylic acids is 2. The molecule has 0 unspecified atom stereocenters. The molecule has 0 heterocycles. The first-order valence-corrected chi connectivity index (χ1v) is 8.28. The number of nitrogens with zero attached hydrogens (tertiary/aromatic N) is 1. The van der Waals surface area contributed by atoms with Gasteiger partial charge in [0.15, 0.2) is 6.10 Å². The van der Waals surface area contributed by atoms with E-state index in [0.717, 1.165) is 6.07 Å². The highest BCUT2D eigenvalue weighted by atomic mass is 35.5. The maximum Gasteiger partial charge on any atom is 0.342 e. The molecular formula is C17H14Cl2N2O6. The molecule has 0 fully saturated rings. The Balaban J connectivity index is 2.13. The second kappa shape index (κ2) is 8.70. The number of halogens is 2. The van der Waals surface area contributed by atoms with Crippen molar-refractivity contribution in [1.82, 2.24) is 0 Å². The molecule has 1 atom stereocenters. The molecule has 27 heavy (non-hydrogen) atoms. The molecule has 1 N–H and O–H groups in total. The minimum absolute atomic E-state index is 0.0824. The Hall–Kier alpha value is -2.84. The highest BCUT2D eigenvalue weighted by Gasteiger charge is 2.24. The number of hydrogen-bond donors (Lipinski definition) is 1. The number of carbonyl (C=O) groups is 2. The van der Waals surface area contributed by atoms with Gasteiger partial charge in [-0.1, -0.05) is 23.2 Å². The van der Waals surface area contributed by atoms with Crippen LogP contribution in [-0.2, 0) is 9.53 Å². The van der Waals surface area contributed by atoms with E-state index >= 15 is 0 Å². The van der Waals surface area contributed by atoms with Gasteiger partial charge in [-0.2, -0.15) is 0 Å². The van der Waals surface area contributed by atoms with Crippen LogP contribution >= 0.6 is 23.2 Å².